The zero-order valence-corrected chi connectivity index (χ0v) is 28.6. The van der Waals surface area contributed by atoms with Crippen molar-refractivity contribution in [1.82, 2.24) is 9.47 Å². The number of aromatic nitrogens is 1. The molecule has 0 bridgehead atoms. The minimum absolute atomic E-state index is 0. The van der Waals surface area contributed by atoms with E-state index in [1.54, 1.807) is 31.4 Å². The predicted molar refractivity (Wildman–Crippen MR) is 157 cm³/mol. The molecule has 9 heteroatoms. The van der Waals surface area contributed by atoms with Crippen LogP contribution in [0.25, 0.3) is 10.9 Å². The van der Waals surface area contributed by atoms with Crippen molar-refractivity contribution in [2.75, 3.05) is 40.1 Å². The molecule has 1 amide bonds. The molecular weight excluding hydrogens is 766 g/mol. The molecule has 1 unspecified atom stereocenters. The number of nitrogens with zero attached hydrogens (tertiary/aromatic N) is 2. The summed E-state index contributed by atoms with van der Waals surface area (Å²) in [7, 11) is 1.65. The van der Waals surface area contributed by atoms with E-state index < -0.39 is 6.09 Å². The molecule has 214 valence electrons. The Morgan fingerprint density at radius 3 is 2.44 bits per heavy atom. The molecule has 1 aliphatic heterocycles. The first kappa shape index (κ1) is 33.0. The van der Waals surface area contributed by atoms with Gasteiger partial charge in [-0.2, -0.15) is 18.2 Å². The van der Waals surface area contributed by atoms with E-state index >= 15 is 0 Å². The molecule has 0 spiro atoms. The fraction of sp³-hybridized carbons (Fsp3) is 0.312. The Morgan fingerprint density at radius 2 is 1.73 bits per heavy atom. The smallest absolute Gasteiger partial charge is 0.491 e. The zero-order valence-electron chi connectivity index (χ0n) is 23.7. The second kappa shape index (κ2) is 15.7. The molecule has 0 fully saturated rings. The molecule has 1 aliphatic rings. The number of hydrogen-bond donors (Lipinski definition) is 0. The van der Waals surface area contributed by atoms with Gasteiger partial charge in [-0.25, -0.2) is 4.79 Å². The molecule has 4 aromatic rings. The molecule has 5 rings (SSSR count). The summed E-state index contributed by atoms with van der Waals surface area (Å²) in [6, 6.07) is 23.5. The van der Waals surface area contributed by atoms with Gasteiger partial charge in [-0.15, -0.1) is 12.1 Å². The van der Waals surface area contributed by atoms with Crippen LogP contribution in [0, 0.1) is 44.6 Å². The van der Waals surface area contributed by atoms with E-state index in [4.69, 9.17) is 30.5 Å². The van der Waals surface area contributed by atoms with Crippen LogP contribution in [-0.4, -0.2) is 55.6 Å². The average Bonchev–Trinajstić information content (AvgIpc) is 3.28. The van der Waals surface area contributed by atoms with E-state index in [0.29, 0.717) is 50.2 Å². The largest absolute Gasteiger partial charge is 2.00 e. The normalized spacial score (nSPS) is 14.1. The van der Waals surface area contributed by atoms with Crippen LogP contribution in [0.1, 0.15) is 29.8 Å². The van der Waals surface area contributed by atoms with Crippen LogP contribution in [0.5, 0.6) is 11.5 Å². The number of carbonyl (C=O) groups is 1. The van der Waals surface area contributed by atoms with E-state index in [-0.39, 0.29) is 44.6 Å². The quantitative estimate of drug-likeness (QED) is 0.131. The minimum Gasteiger partial charge on any atom is -0.491 e. The summed E-state index contributed by atoms with van der Waals surface area (Å²) in [6.45, 7) is 5.40. The number of hydrogen-bond acceptors (Lipinski definition) is 5. The fourth-order valence-electron chi connectivity index (χ4n) is 5.18. The first-order valence-electron chi connectivity index (χ1n) is 13.1. The molecule has 0 N–H and O–H groups in total. The summed E-state index contributed by atoms with van der Waals surface area (Å²) < 4.78 is 24.4. The van der Waals surface area contributed by atoms with E-state index in [9.17, 15) is 4.79 Å². The van der Waals surface area contributed by atoms with Crippen molar-refractivity contribution in [3.05, 3.63) is 102 Å². The van der Waals surface area contributed by atoms with Gasteiger partial charge in [0.2, 0.25) is 0 Å². The van der Waals surface area contributed by atoms with Crippen molar-refractivity contribution in [1.29, 1.82) is 0 Å². The Hall–Kier alpha value is -2.47. The molecule has 0 radical (unpaired) electrons. The summed E-state index contributed by atoms with van der Waals surface area (Å²) in [5.41, 5.74) is 4.38. The Balaban J connectivity index is 0.00000231. The Kier molecular flexibility index (Phi) is 12.6. The van der Waals surface area contributed by atoms with Crippen molar-refractivity contribution in [3.8, 4) is 11.5 Å². The molecule has 0 saturated heterocycles. The summed E-state index contributed by atoms with van der Waals surface area (Å²) >= 11 is 6.41. The molecule has 1 aromatic heterocycles. The molecule has 7 nitrogen and oxygen atoms in total. The van der Waals surface area contributed by atoms with Crippen molar-refractivity contribution in [3.63, 3.8) is 0 Å². The van der Waals surface area contributed by atoms with Gasteiger partial charge in [0.15, 0.2) is 0 Å². The monoisotopic (exact) mass is 800 g/mol. The summed E-state index contributed by atoms with van der Waals surface area (Å²) in [5.74, 6) is 1.23. The van der Waals surface area contributed by atoms with Crippen molar-refractivity contribution in [2.24, 2.45) is 0 Å². The third kappa shape index (κ3) is 7.49. The number of methoxy groups -OCH3 is 1. The van der Waals surface area contributed by atoms with Gasteiger partial charge in [0.05, 0.1) is 19.8 Å². The molecule has 41 heavy (non-hydrogen) atoms. The molecule has 0 saturated carbocycles. The molecule has 2 heterocycles. The summed E-state index contributed by atoms with van der Waals surface area (Å²) in [5, 5.41) is 1.83. The third-order valence-corrected chi connectivity index (χ3v) is 7.15. The second-order valence-corrected chi connectivity index (χ2v) is 9.68. The first-order valence-corrected chi connectivity index (χ1v) is 13.5. The van der Waals surface area contributed by atoms with Crippen molar-refractivity contribution in [2.45, 2.75) is 25.9 Å². The first-order chi connectivity index (χ1) is 19.1. The van der Waals surface area contributed by atoms with Gasteiger partial charge in [-0.1, -0.05) is 23.7 Å². The predicted octanol–water partition coefficient (Wildman–Crippen LogP) is 6.75. The van der Waals surface area contributed by atoms with Crippen LogP contribution in [0.3, 0.4) is 0 Å². The number of rotatable bonds is 10. The maximum atomic E-state index is 13.6. The number of amides is 1. The zero-order chi connectivity index (χ0) is 27.2. The Bertz CT molecular complexity index is 1410. The van der Waals surface area contributed by atoms with Gasteiger partial charge in [0.1, 0.15) is 18.4 Å². The molecule has 1 atom stereocenters. The van der Waals surface area contributed by atoms with Crippen LogP contribution < -0.4 is 9.47 Å². The standard InChI is InChI=1S/C31H32ClN2O5.CH3.U/c1-3-33-28-14-11-23(32)21-27(28)26-15-16-34(31(35)39-25-7-5-4-6-8-25)29(30(26)33)22-9-12-24(13-10-22)38-20-19-37-18-17-36-2;;/h5-14,21,29H,3,15-20H2,1-2H3;1H3;/q2*-1;+2. The van der Waals surface area contributed by atoms with Crippen LogP contribution in [0.4, 0.5) is 4.79 Å². The number of aryl methyl sites for hydroxylation is 1. The summed E-state index contributed by atoms with van der Waals surface area (Å²) in [6.07, 6.45) is 0.314. The molecule has 0 aliphatic carbocycles. The van der Waals surface area contributed by atoms with Crippen LogP contribution >= 0.6 is 11.6 Å². The third-order valence-electron chi connectivity index (χ3n) is 6.92. The van der Waals surface area contributed by atoms with Crippen LogP contribution in [0.15, 0.2) is 66.7 Å². The number of benzene rings is 3. The topological polar surface area (TPSA) is 62.2 Å². The maximum absolute atomic E-state index is 13.6. The van der Waals surface area contributed by atoms with Gasteiger partial charge in [-0.3, -0.25) is 4.90 Å². The molecule has 3 aromatic carbocycles. The molecular formula is C32H35ClN2O5U. The van der Waals surface area contributed by atoms with Gasteiger partial charge in [-0.05, 0) is 54.8 Å². The average molecular weight is 801 g/mol. The Labute approximate surface area is 271 Å². The van der Waals surface area contributed by atoms with Gasteiger partial charge >= 0.3 is 37.2 Å². The van der Waals surface area contributed by atoms with E-state index in [2.05, 4.69) is 23.6 Å². The maximum Gasteiger partial charge on any atom is 2.00 e. The number of ether oxygens (including phenoxy) is 4. The van der Waals surface area contributed by atoms with E-state index in [1.807, 2.05) is 41.3 Å². The van der Waals surface area contributed by atoms with Crippen LogP contribution in [-0.2, 0) is 22.4 Å². The van der Waals surface area contributed by atoms with Crippen molar-refractivity contribution >= 4 is 28.6 Å². The number of fused-ring (bicyclic) bond motifs is 3. The van der Waals surface area contributed by atoms with Crippen molar-refractivity contribution < 1.29 is 54.9 Å². The van der Waals surface area contributed by atoms with Gasteiger partial charge in [0.25, 0.3) is 0 Å². The van der Waals surface area contributed by atoms with Gasteiger partial charge in [0, 0.05) is 47.6 Å². The second-order valence-electron chi connectivity index (χ2n) is 9.24. The Morgan fingerprint density at radius 1 is 1.00 bits per heavy atom. The van der Waals surface area contributed by atoms with E-state index in [1.165, 1.54) is 5.56 Å². The van der Waals surface area contributed by atoms with Gasteiger partial charge < -0.3 is 30.9 Å². The SMILES string of the molecule is CCn1c2c(c3cc(Cl)ccc31)CCN(C(=O)Oc1cc[c-]cc1)C2c1ccc(OCCOCCOC)cc1.[CH3-].[U+2]. The number of halogens is 1. The number of carbonyl (C=O) groups excluding carboxylic acids is 1. The fourth-order valence-corrected chi connectivity index (χ4v) is 5.36. The van der Waals surface area contributed by atoms with E-state index in [0.717, 1.165) is 34.5 Å². The van der Waals surface area contributed by atoms with Crippen LogP contribution in [0.2, 0.25) is 5.02 Å². The minimum atomic E-state index is -0.392. The summed E-state index contributed by atoms with van der Waals surface area (Å²) in [4.78, 5) is 15.4.